The molecule has 6 nitrogen and oxygen atoms in total. The Morgan fingerprint density at radius 1 is 1.35 bits per heavy atom. The molecular formula is C13H21N3O3S. The third kappa shape index (κ3) is 6.51. The van der Waals surface area contributed by atoms with E-state index in [9.17, 15) is 9.59 Å². The smallest absolute Gasteiger partial charge is 0.321 e. The summed E-state index contributed by atoms with van der Waals surface area (Å²) in [6, 6.07) is -0.270. The molecule has 0 aromatic carbocycles. The number of thiazole rings is 1. The quantitative estimate of drug-likeness (QED) is 0.643. The number of rotatable bonds is 8. The first-order chi connectivity index (χ1) is 9.49. The summed E-state index contributed by atoms with van der Waals surface area (Å²) in [5.41, 5.74) is 0.971. The molecule has 0 spiro atoms. The maximum absolute atomic E-state index is 11.6. The van der Waals surface area contributed by atoms with Crippen molar-refractivity contribution in [3.63, 3.8) is 0 Å². The Morgan fingerprint density at radius 2 is 2.10 bits per heavy atom. The van der Waals surface area contributed by atoms with Gasteiger partial charge in [0.25, 0.3) is 0 Å². The summed E-state index contributed by atoms with van der Waals surface area (Å²) in [6.45, 7) is 4.64. The molecule has 1 heterocycles. The van der Waals surface area contributed by atoms with Gasteiger partial charge in [-0.05, 0) is 18.8 Å². The van der Waals surface area contributed by atoms with E-state index in [0.29, 0.717) is 24.0 Å². The molecule has 0 atom stereocenters. The predicted octanol–water partition coefficient (Wildman–Crippen LogP) is 3.03. The number of anilines is 1. The molecule has 0 fully saturated rings. The second-order valence-electron chi connectivity index (χ2n) is 4.82. The number of amides is 2. The highest BCUT2D eigenvalue weighted by molar-refractivity contribution is 7.13. The Hall–Kier alpha value is -1.63. The highest BCUT2D eigenvalue weighted by Gasteiger charge is 2.08. The first-order valence-corrected chi connectivity index (χ1v) is 7.59. The maximum Gasteiger partial charge on any atom is 0.321 e. The zero-order valence-corrected chi connectivity index (χ0v) is 12.6. The summed E-state index contributed by atoms with van der Waals surface area (Å²) in [5.74, 6) is -0.431. The standard InChI is InChI=1S/C13H21N3O3S/c1-9(2)10-8-20-13(15-10)16-12(19)14-7-5-3-4-6-11(17)18/h8-9H,3-7H2,1-2H3,(H,17,18)(H2,14,15,16,19). The topological polar surface area (TPSA) is 91.3 Å². The van der Waals surface area contributed by atoms with Crippen molar-refractivity contribution < 1.29 is 14.7 Å². The van der Waals surface area contributed by atoms with E-state index in [2.05, 4.69) is 29.5 Å². The van der Waals surface area contributed by atoms with Gasteiger partial charge in [0, 0.05) is 18.3 Å². The number of unbranched alkanes of at least 4 members (excludes halogenated alkanes) is 2. The number of carboxylic acids is 1. The molecule has 0 radical (unpaired) electrons. The largest absolute Gasteiger partial charge is 0.481 e. The number of carboxylic acid groups (broad SMARTS) is 1. The van der Waals surface area contributed by atoms with Gasteiger partial charge in [-0.15, -0.1) is 11.3 Å². The molecule has 112 valence electrons. The summed E-state index contributed by atoms with van der Waals surface area (Å²) in [4.78, 5) is 26.2. The molecule has 1 aromatic heterocycles. The number of aliphatic carboxylic acids is 1. The molecule has 1 rings (SSSR count). The average molecular weight is 299 g/mol. The molecule has 7 heteroatoms. The van der Waals surface area contributed by atoms with Gasteiger partial charge in [0.2, 0.25) is 0 Å². The number of urea groups is 1. The number of carbonyl (C=O) groups is 2. The van der Waals surface area contributed by atoms with E-state index in [1.54, 1.807) is 0 Å². The van der Waals surface area contributed by atoms with Crippen LogP contribution in [-0.2, 0) is 4.79 Å². The van der Waals surface area contributed by atoms with Crippen molar-refractivity contribution >= 4 is 28.5 Å². The van der Waals surface area contributed by atoms with Crippen LogP contribution in [0.5, 0.6) is 0 Å². The van der Waals surface area contributed by atoms with Gasteiger partial charge in [0.1, 0.15) is 0 Å². The molecule has 0 aliphatic carbocycles. The lowest BCUT2D eigenvalue weighted by Crippen LogP contribution is -2.29. The Labute approximate surface area is 122 Å². The molecule has 0 aliphatic heterocycles. The minimum atomic E-state index is -0.777. The van der Waals surface area contributed by atoms with Crippen LogP contribution in [0.15, 0.2) is 5.38 Å². The normalized spacial score (nSPS) is 10.6. The average Bonchev–Trinajstić information content (AvgIpc) is 2.81. The van der Waals surface area contributed by atoms with Crippen molar-refractivity contribution in [3.05, 3.63) is 11.1 Å². The Balaban J connectivity index is 2.15. The third-order valence-corrected chi connectivity index (χ3v) is 3.46. The molecule has 0 saturated carbocycles. The maximum atomic E-state index is 11.6. The van der Waals surface area contributed by atoms with E-state index in [-0.39, 0.29) is 12.5 Å². The Morgan fingerprint density at radius 3 is 2.70 bits per heavy atom. The molecule has 20 heavy (non-hydrogen) atoms. The lowest BCUT2D eigenvalue weighted by atomic mass is 10.2. The summed E-state index contributed by atoms with van der Waals surface area (Å²) >= 11 is 1.41. The zero-order chi connectivity index (χ0) is 15.0. The van der Waals surface area contributed by atoms with Crippen LogP contribution in [0.25, 0.3) is 0 Å². The van der Waals surface area contributed by atoms with Crippen LogP contribution in [0.3, 0.4) is 0 Å². The fourth-order valence-electron chi connectivity index (χ4n) is 1.53. The second kappa shape index (κ2) is 8.52. The van der Waals surface area contributed by atoms with Gasteiger partial charge in [-0.25, -0.2) is 9.78 Å². The van der Waals surface area contributed by atoms with E-state index >= 15 is 0 Å². The molecule has 3 N–H and O–H groups in total. The predicted molar refractivity (Wildman–Crippen MR) is 79.3 cm³/mol. The van der Waals surface area contributed by atoms with E-state index in [4.69, 9.17) is 5.11 Å². The first kappa shape index (κ1) is 16.4. The van der Waals surface area contributed by atoms with Crippen LogP contribution in [-0.4, -0.2) is 28.6 Å². The van der Waals surface area contributed by atoms with Crippen molar-refractivity contribution in [1.29, 1.82) is 0 Å². The van der Waals surface area contributed by atoms with E-state index in [0.717, 1.165) is 18.5 Å². The summed E-state index contributed by atoms with van der Waals surface area (Å²) in [5, 5.41) is 16.4. The number of nitrogens with one attached hydrogen (secondary N) is 2. The van der Waals surface area contributed by atoms with Crippen LogP contribution in [0, 0.1) is 0 Å². The summed E-state index contributed by atoms with van der Waals surface area (Å²) in [6.07, 6.45) is 2.39. The van der Waals surface area contributed by atoms with E-state index in [1.807, 2.05) is 5.38 Å². The molecule has 0 aliphatic rings. The zero-order valence-electron chi connectivity index (χ0n) is 11.8. The molecule has 0 unspecified atom stereocenters. The van der Waals surface area contributed by atoms with Crippen molar-refractivity contribution in [2.24, 2.45) is 0 Å². The van der Waals surface area contributed by atoms with Gasteiger partial charge < -0.3 is 10.4 Å². The first-order valence-electron chi connectivity index (χ1n) is 6.71. The Kier molecular flexibility index (Phi) is 7.00. The molecule has 2 amide bonds. The SMILES string of the molecule is CC(C)c1csc(NC(=O)NCCCCCC(=O)O)n1. The van der Waals surface area contributed by atoms with Gasteiger partial charge in [-0.3, -0.25) is 10.1 Å². The van der Waals surface area contributed by atoms with Gasteiger partial charge in [-0.2, -0.15) is 0 Å². The highest BCUT2D eigenvalue weighted by atomic mass is 32.1. The number of aromatic nitrogens is 1. The molecular weight excluding hydrogens is 278 g/mol. The van der Waals surface area contributed by atoms with Crippen LogP contribution in [0.2, 0.25) is 0 Å². The van der Waals surface area contributed by atoms with Gasteiger partial charge in [-0.1, -0.05) is 20.3 Å². The second-order valence-corrected chi connectivity index (χ2v) is 5.68. The van der Waals surface area contributed by atoms with Crippen LogP contribution < -0.4 is 10.6 Å². The van der Waals surface area contributed by atoms with Gasteiger partial charge in [0.05, 0.1) is 5.69 Å². The minimum absolute atomic E-state index is 0.184. The van der Waals surface area contributed by atoms with Crippen LogP contribution >= 0.6 is 11.3 Å². The van der Waals surface area contributed by atoms with Crippen LogP contribution in [0.4, 0.5) is 9.93 Å². The monoisotopic (exact) mass is 299 g/mol. The number of nitrogens with zero attached hydrogens (tertiary/aromatic N) is 1. The molecule has 0 bridgehead atoms. The summed E-state index contributed by atoms with van der Waals surface area (Å²) < 4.78 is 0. The number of carbonyl (C=O) groups excluding carboxylic acids is 1. The third-order valence-electron chi connectivity index (χ3n) is 2.69. The van der Waals surface area contributed by atoms with Gasteiger partial charge >= 0.3 is 12.0 Å². The highest BCUT2D eigenvalue weighted by Crippen LogP contribution is 2.21. The van der Waals surface area contributed by atoms with E-state index < -0.39 is 5.97 Å². The van der Waals surface area contributed by atoms with Crippen molar-refractivity contribution in [1.82, 2.24) is 10.3 Å². The summed E-state index contributed by atoms with van der Waals surface area (Å²) in [7, 11) is 0. The van der Waals surface area contributed by atoms with Gasteiger partial charge in [0.15, 0.2) is 5.13 Å². The minimum Gasteiger partial charge on any atom is -0.481 e. The van der Waals surface area contributed by atoms with E-state index in [1.165, 1.54) is 11.3 Å². The number of hydrogen-bond acceptors (Lipinski definition) is 4. The van der Waals surface area contributed by atoms with Crippen LogP contribution in [0.1, 0.15) is 51.1 Å². The fraction of sp³-hybridized carbons (Fsp3) is 0.615. The van der Waals surface area contributed by atoms with Crippen molar-refractivity contribution in [3.8, 4) is 0 Å². The lowest BCUT2D eigenvalue weighted by Gasteiger charge is -2.05. The van der Waals surface area contributed by atoms with Crippen molar-refractivity contribution in [2.75, 3.05) is 11.9 Å². The molecule has 1 aromatic rings. The van der Waals surface area contributed by atoms with Crippen molar-refractivity contribution in [2.45, 2.75) is 45.4 Å². The lowest BCUT2D eigenvalue weighted by molar-refractivity contribution is -0.137. The molecule has 0 saturated heterocycles. The Bertz CT molecular complexity index is 446. The fourth-order valence-corrected chi connectivity index (χ4v) is 2.40. The number of hydrogen-bond donors (Lipinski definition) is 3.